The predicted octanol–water partition coefficient (Wildman–Crippen LogP) is 2.70. The lowest BCUT2D eigenvalue weighted by molar-refractivity contribution is -0.117. The molecule has 17 heavy (non-hydrogen) atoms. The predicted molar refractivity (Wildman–Crippen MR) is 69.4 cm³/mol. The van der Waals surface area contributed by atoms with E-state index in [9.17, 15) is 4.79 Å². The first-order valence-electron chi connectivity index (χ1n) is 6.44. The second-order valence-electron chi connectivity index (χ2n) is 5.07. The maximum absolute atomic E-state index is 12.1. The number of hydrogen-bond donors (Lipinski definition) is 1. The van der Waals surface area contributed by atoms with Crippen LogP contribution in [0.3, 0.4) is 0 Å². The fourth-order valence-electron chi connectivity index (χ4n) is 2.89. The fourth-order valence-corrected chi connectivity index (χ4v) is 2.89. The summed E-state index contributed by atoms with van der Waals surface area (Å²) < 4.78 is 0. The van der Waals surface area contributed by atoms with Crippen LogP contribution in [-0.2, 0) is 4.79 Å². The standard InChI is InChI=1S/C14H18N2O/c1-10-6-7-12-11(9-10)15-14(17)13-5-3-2-4-8-16(12)13/h6-7,9,13H,2-5,8H2,1H3,(H,15,17). The summed E-state index contributed by atoms with van der Waals surface area (Å²) in [4.78, 5) is 14.4. The van der Waals surface area contributed by atoms with Crippen molar-refractivity contribution in [2.75, 3.05) is 16.8 Å². The molecule has 1 N–H and O–H groups in total. The number of nitrogens with one attached hydrogen (secondary N) is 1. The van der Waals surface area contributed by atoms with Crippen LogP contribution in [0.15, 0.2) is 18.2 Å². The van der Waals surface area contributed by atoms with Gasteiger partial charge in [-0.2, -0.15) is 0 Å². The summed E-state index contributed by atoms with van der Waals surface area (Å²) in [6.45, 7) is 3.06. The molecule has 2 aliphatic rings. The first-order chi connectivity index (χ1) is 8.25. The number of amides is 1. The van der Waals surface area contributed by atoms with Gasteiger partial charge in [-0.1, -0.05) is 18.9 Å². The lowest BCUT2D eigenvalue weighted by atomic mass is 10.0. The van der Waals surface area contributed by atoms with Gasteiger partial charge in [0.15, 0.2) is 0 Å². The summed E-state index contributed by atoms with van der Waals surface area (Å²) in [5, 5.41) is 3.05. The van der Waals surface area contributed by atoms with Crippen molar-refractivity contribution in [3.63, 3.8) is 0 Å². The minimum Gasteiger partial charge on any atom is -0.358 e. The molecule has 0 aromatic heterocycles. The molecule has 0 saturated carbocycles. The van der Waals surface area contributed by atoms with Crippen LogP contribution in [-0.4, -0.2) is 18.5 Å². The molecule has 0 radical (unpaired) electrons. The summed E-state index contributed by atoms with van der Waals surface area (Å²) in [6, 6.07) is 6.38. The highest BCUT2D eigenvalue weighted by atomic mass is 16.2. The molecule has 90 valence electrons. The van der Waals surface area contributed by atoms with Crippen molar-refractivity contribution in [3.8, 4) is 0 Å². The van der Waals surface area contributed by atoms with Gasteiger partial charge < -0.3 is 10.2 Å². The van der Waals surface area contributed by atoms with Gasteiger partial charge in [-0.15, -0.1) is 0 Å². The Labute approximate surface area is 102 Å². The van der Waals surface area contributed by atoms with E-state index in [-0.39, 0.29) is 11.9 Å². The first kappa shape index (κ1) is 10.6. The Bertz CT molecular complexity index is 456. The van der Waals surface area contributed by atoms with E-state index in [1.54, 1.807) is 0 Å². The van der Waals surface area contributed by atoms with E-state index in [2.05, 4.69) is 35.3 Å². The third-order valence-corrected chi connectivity index (χ3v) is 3.77. The van der Waals surface area contributed by atoms with Crippen LogP contribution in [0.25, 0.3) is 0 Å². The lowest BCUT2D eigenvalue weighted by Gasteiger charge is -2.37. The summed E-state index contributed by atoms with van der Waals surface area (Å²) >= 11 is 0. The Kier molecular flexibility index (Phi) is 2.54. The molecule has 1 aromatic carbocycles. The van der Waals surface area contributed by atoms with Crippen molar-refractivity contribution >= 4 is 17.3 Å². The van der Waals surface area contributed by atoms with Crippen molar-refractivity contribution in [1.29, 1.82) is 0 Å². The molecule has 2 aliphatic heterocycles. The van der Waals surface area contributed by atoms with Crippen molar-refractivity contribution in [3.05, 3.63) is 23.8 Å². The average Bonchev–Trinajstić information content (AvgIpc) is 2.54. The zero-order valence-electron chi connectivity index (χ0n) is 10.2. The van der Waals surface area contributed by atoms with E-state index in [0.717, 1.165) is 25.1 Å². The van der Waals surface area contributed by atoms with Gasteiger partial charge in [0.2, 0.25) is 5.91 Å². The largest absolute Gasteiger partial charge is 0.358 e. The van der Waals surface area contributed by atoms with Crippen molar-refractivity contribution in [1.82, 2.24) is 0 Å². The van der Waals surface area contributed by atoms with Crippen LogP contribution < -0.4 is 10.2 Å². The number of carbonyl (C=O) groups excluding carboxylic acids is 1. The number of hydrogen-bond acceptors (Lipinski definition) is 2. The van der Waals surface area contributed by atoms with E-state index in [1.165, 1.54) is 24.1 Å². The Morgan fingerprint density at radius 1 is 1.29 bits per heavy atom. The van der Waals surface area contributed by atoms with Gasteiger partial charge in [-0.25, -0.2) is 0 Å². The molecule has 0 spiro atoms. The number of carbonyl (C=O) groups is 1. The SMILES string of the molecule is Cc1ccc2c(c1)NC(=O)C1CCCCCN21. The Morgan fingerprint density at radius 3 is 3.06 bits per heavy atom. The normalized spacial score (nSPS) is 23.5. The van der Waals surface area contributed by atoms with Crippen LogP contribution in [0.1, 0.15) is 31.2 Å². The average molecular weight is 230 g/mol. The summed E-state index contributed by atoms with van der Waals surface area (Å²) in [7, 11) is 0. The molecular formula is C14H18N2O. The van der Waals surface area contributed by atoms with E-state index in [0.29, 0.717) is 0 Å². The van der Waals surface area contributed by atoms with Gasteiger partial charge >= 0.3 is 0 Å². The van der Waals surface area contributed by atoms with Crippen LogP contribution in [0.2, 0.25) is 0 Å². The molecule has 1 saturated heterocycles. The molecule has 1 atom stereocenters. The second kappa shape index (κ2) is 4.06. The maximum Gasteiger partial charge on any atom is 0.247 e. The molecule has 0 aliphatic carbocycles. The molecule has 1 aromatic rings. The lowest BCUT2D eigenvalue weighted by Crippen LogP contribution is -2.47. The Balaban J connectivity index is 2.04. The molecule has 1 unspecified atom stereocenters. The zero-order chi connectivity index (χ0) is 11.8. The first-order valence-corrected chi connectivity index (χ1v) is 6.44. The summed E-state index contributed by atoms with van der Waals surface area (Å²) in [5.41, 5.74) is 3.37. The van der Waals surface area contributed by atoms with E-state index in [4.69, 9.17) is 0 Å². The van der Waals surface area contributed by atoms with Crippen LogP contribution in [0, 0.1) is 6.92 Å². The zero-order valence-corrected chi connectivity index (χ0v) is 10.2. The highest BCUT2D eigenvalue weighted by Gasteiger charge is 2.33. The van der Waals surface area contributed by atoms with Gasteiger partial charge in [0.1, 0.15) is 6.04 Å². The molecule has 3 rings (SSSR count). The molecular weight excluding hydrogens is 212 g/mol. The molecule has 1 amide bonds. The summed E-state index contributed by atoms with van der Waals surface area (Å²) in [5.74, 6) is 0.171. The smallest absolute Gasteiger partial charge is 0.247 e. The number of aryl methyl sites for hydroxylation is 1. The minimum absolute atomic E-state index is 0.0488. The molecule has 2 heterocycles. The number of anilines is 2. The van der Waals surface area contributed by atoms with Gasteiger partial charge in [-0.05, 0) is 37.5 Å². The van der Waals surface area contributed by atoms with Gasteiger partial charge in [-0.3, -0.25) is 4.79 Å². The van der Waals surface area contributed by atoms with Gasteiger partial charge in [0.05, 0.1) is 11.4 Å². The van der Waals surface area contributed by atoms with E-state index >= 15 is 0 Å². The molecule has 0 bridgehead atoms. The number of nitrogens with zero attached hydrogens (tertiary/aromatic N) is 1. The second-order valence-corrected chi connectivity index (χ2v) is 5.07. The quantitative estimate of drug-likeness (QED) is 0.743. The number of rotatable bonds is 0. The van der Waals surface area contributed by atoms with Crippen LogP contribution in [0.4, 0.5) is 11.4 Å². The van der Waals surface area contributed by atoms with Gasteiger partial charge in [0, 0.05) is 6.54 Å². The van der Waals surface area contributed by atoms with E-state index < -0.39 is 0 Å². The topological polar surface area (TPSA) is 32.3 Å². The van der Waals surface area contributed by atoms with Crippen molar-refractivity contribution < 1.29 is 4.79 Å². The van der Waals surface area contributed by atoms with E-state index in [1.807, 2.05) is 0 Å². The molecule has 3 nitrogen and oxygen atoms in total. The fraction of sp³-hybridized carbons (Fsp3) is 0.500. The maximum atomic E-state index is 12.1. The van der Waals surface area contributed by atoms with Crippen LogP contribution in [0.5, 0.6) is 0 Å². The number of fused-ring (bicyclic) bond motifs is 3. The van der Waals surface area contributed by atoms with Crippen molar-refractivity contribution in [2.24, 2.45) is 0 Å². The Hall–Kier alpha value is -1.51. The summed E-state index contributed by atoms with van der Waals surface area (Å²) in [6.07, 6.45) is 4.58. The number of benzene rings is 1. The Morgan fingerprint density at radius 2 is 2.18 bits per heavy atom. The molecule has 3 heteroatoms. The minimum atomic E-state index is 0.0488. The van der Waals surface area contributed by atoms with Crippen molar-refractivity contribution in [2.45, 2.75) is 38.6 Å². The van der Waals surface area contributed by atoms with Gasteiger partial charge in [0.25, 0.3) is 0 Å². The molecule has 1 fully saturated rings. The highest BCUT2D eigenvalue weighted by Crippen LogP contribution is 2.35. The monoisotopic (exact) mass is 230 g/mol. The van der Waals surface area contributed by atoms with Crippen LogP contribution >= 0.6 is 0 Å². The highest BCUT2D eigenvalue weighted by molar-refractivity contribution is 6.03. The third kappa shape index (κ3) is 1.79. The third-order valence-electron chi connectivity index (χ3n) is 3.77.